The van der Waals surface area contributed by atoms with Crippen LogP contribution in [0.5, 0.6) is 0 Å². The highest BCUT2D eigenvalue weighted by Gasteiger charge is 2.26. The van der Waals surface area contributed by atoms with E-state index < -0.39 is 16.0 Å². The minimum Gasteiger partial charge on any atom is -0.469 e. The summed E-state index contributed by atoms with van der Waals surface area (Å²) in [6, 6.07) is 5.16. The van der Waals surface area contributed by atoms with E-state index in [1.807, 2.05) is 0 Å². The van der Waals surface area contributed by atoms with E-state index in [0.717, 1.165) is 11.8 Å². The summed E-state index contributed by atoms with van der Waals surface area (Å²) in [5.41, 5.74) is 2.02. The Balaban J connectivity index is 2.08. The van der Waals surface area contributed by atoms with E-state index in [0.29, 0.717) is 24.3 Å². The molecular formula is C14H18N2O5S. The zero-order valence-corrected chi connectivity index (χ0v) is 13.3. The minimum atomic E-state index is -3.33. The maximum absolute atomic E-state index is 11.8. The third-order valence-electron chi connectivity index (χ3n) is 3.41. The van der Waals surface area contributed by atoms with E-state index in [4.69, 9.17) is 0 Å². The number of rotatable bonds is 5. The lowest BCUT2D eigenvalue weighted by Gasteiger charge is -2.17. The zero-order chi connectivity index (χ0) is 16.3. The number of nitrogens with zero attached hydrogens (tertiary/aromatic N) is 1. The van der Waals surface area contributed by atoms with Crippen molar-refractivity contribution in [2.75, 3.05) is 29.5 Å². The molecule has 1 N–H and O–H groups in total. The molecule has 0 unspecified atom stereocenters. The van der Waals surface area contributed by atoms with Gasteiger partial charge >= 0.3 is 5.97 Å². The highest BCUT2D eigenvalue weighted by Crippen LogP contribution is 2.32. The largest absolute Gasteiger partial charge is 0.469 e. The van der Waals surface area contributed by atoms with Crippen molar-refractivity contribution in [2.24, 2.45) is 0 Å². The standard InChI is InChI=1S/C14H18N2O5S/c1-21-14(18)6-5-13(17)15-11-4-3-10-7-8-16(12(10)9-11)22(2,19)20/h3-4,9H,5-8H2,1-2H3,(H,15,17). The Morgan fingerprint density at radius 3 is 2.68 bits per heavy atom. The lowest BCUT2D eigenvalue weighted by atomic mass is 10.1. The molecule has 1 aromatic carbocycles. The number of carbonyl (C=O) groups excluding carboxylic acids is 2. The number of amides is 1. The van der Waals surface area contributed by atoms with Gasteiger partial charge in [0, 0.05) is 18.7 Å². The Labute approximate surface area is 129 Å². The van der Waals surface area contributed by atoms with Gasteiger partial charge in [0.15, 0.2) is 0 Å². The Kier molecular flexibility index (Phi) is 4.70. The van der Waals surface area contributed by atoms with Crippen molar-refractivity contribution in [1.82, 2.24) is 0 Å². The average molecular weight is 326 g/mol. The molecule has 1 heterocycles. The first-order chi connectivity index (χ1) is 10.3. The number of nitrogens with one attached hydrogen (secondary N) is 1. The maximum Gasteiger partial charge on any atom is 0.306 e. The van der Waals surface area contributed by atoms with E-state index in [9.17, 15) is 18.0 Å². The lowest BCUT2D eigenvalue weighted by molar-refractivity contribution is -0.141. The van der Waals surface area contributed by atoms with Crippen molar-refractivity contribution >= 4 is 33.3 Å². The molecule has 0 spiro atoms. The molecule has 7 nitrogen and oxygen atoms in total. The molecule has 120 valence electrons. The summed E-state index contributed by atoms with van der Waals surface area (Å²) >= 11 is 0. The average Bonchev–Trinajstić information content (AvgIpc) is 2.87. The van der Waals surface area contributed by atoms with Gasteiger partial charge in [-0.2, -0.15) is 0 Å². The SMILES string of the molecule is COC(=O)CCC(=O)Nc1ccc2c(c1)N(S(C)(=O)=O)CC2. The van der Waals surface area contributed by atoms with Crippen molar-refractivity contribution in [1.29, 1.82) is 0 Å². The second-order valence-corrected chi connectivity index (χ2v) is 6.96. The number of fused-ring (bicyclic) bond motifs is 1. The Bertz CT molecular complexity index is 699. The van der Waals surface area contributed by atoms with Crippen molar-refractivity contribution in [3.05, 3.63) is 23.8 Å². The fourth-order valence-electron chi connectivity index (χ4n) is 2.31. The molecule has 0 aliphatic carbocycles. The van der Waals surface area contributed by atoms with Crippen LogP contribution < -0.4 is 9.62 Å². The van der Waals surface area contributed by atoms with Crippen LogP contribution in [0, 0.1) is 0 Å². The number of ether oxygens (including phenoxy) is 1. The second-order valence-electron chi connectivity index (χ2n) is 5.05. The summed E-state index contributed by atoms with van der Waals surface area (Å²) in [4.78, 5) is 22.8. The monoisotopic (exact) mass is 326 g/mol. The Morgan fingerprint density at radius 2 is 2.05 bits per heavy atom. The fourth-order valence-corrected chi connectivity index (χ4v) is 3.26. The number of hydrogen-bond acceptors (Lipinski definition) is 5. The molecule has 0 bridgehead atoms. The molecule has 1 aromatic rings. The van der Waals surface area contributed by atoms with Crippen LogP contribution in [0.2, 0.25) is 0 Å². The van der Waals surface area contributed by atoms with Gasteiger partial charge in [-0.15, -0.1) is 0 Å². The first kappa shape index (κ1) is 16.3. The molecule has 1 aliphatic rings. The molecule has 0 radical (unpaired) electrons. The number of methoxy groups -OCH3 is 1. The maximum atomic E-state index is 11.8. The van der Waals surface area contributed by atoms with Gasteiger partial charge in [0.2, 0.25) is 15.9 Å². The first-order valence-electron chi connectivity index (χ1n) is 6.78. The summed E-state index contributed by atoms with van der Waals surface area (Å²) in [5.74, 6) is -0.776. The third-order valence-corrected chi connectivity index (χ3v) is 4.59. The molecule has 0 aromatic heterocycles. The predicted molar refractivity (Wildman–Crippen MR) is 82.2 cm³/mol. The molecular weight excluding hydrogens is 308 g/mol. The van der Waals surface area contributed by atoms with Gasteiger partial charge in [-0.3, -0.25) is 13.9 Å². The minimum absolute atomic E-state index is 0.00272. The normalized spacial score (nSPS) is 13.6. The Morgan fingerprint density at radius 1 is 1.32 bits per heavy atom. The summed E-state index contributed by atoms with van der Waals surface area (Å²) < 4.78 is 29.3. The summed E-state index contributed by atoms with van der Waals surface area (Å²) in [6.07, 6.45) is 1.82. The summed E-state index contributed by atoms with van der Waals surface area (Å²) in [7, 11) is -2.06. The van der Waals surface area contributed by atoms with Gasteiger partial charge in [-0.25, -0.2) is 8.42 Å². The van der Waals surface area contributed by atoms with Crippen LogP contribution in [-0.2, 0) is 30.8 Å². The first-order valence-corrected chi connectivity index (χ1v) is 8.63. The fraction of sp³-hybridized carbons (Fsp3) is 0.429. The molecule has 0 saturated carbocycles. The molecule has 0 saturated heterocycles. The van der Waals surface area contributed by atoms with Crippen LogP contribution in [0.1, 0.15) is 18.4 Å². The number of carbonyl (C=O) groups is 2. The number of sulfonamides is 1. The zero-order valence-electron chi connectivity index (χ0n) is 12.5. The van der Waals surface area contributed by atoms with Crippen molar-refractivity contribution in [3.8, 4) is 0 Å². The quantitative estimate of drug-likeness (QED) is 0.812. The summed E-state index contributed by atoms with van der Waals surface area (Å²) in [6.45, 7) is 0.411. The van der Waals surface area contributed by atoms with Gasteiger partial charge in [-0.05, 0) is 24.1 Å². The van der Waals surface area contributed by atoms with Crippen molar-refractivity contribution in [3.63, 3.8) is 0 Å². The van der Waals surface area contributed by atoms with Crippen LogP contribution in [0.3, 0.4) is 0 Å². The molecule has 1 aliphatic heterocycles. The third kappa shape index (κ3) is 3.76. The number of benzene rings is 1. The van der Waals surface area contributed by atoms with Crippen molar-refractivity contribution < 1.29 is 22.7 Å². The molecule has 1 amide bonds. The topological polar surface area (TPSA) is 92.8 Å². The molecule has 0 atom stereocenters. The highest BCUT2D eigenvalue weighted by molar-refractivity contribution is 7.92. The van der Waals surface area contributed by atoms with Crippen molar-refractivity contribution in [2.45, 2.75) is 19.3 Å². The van der Waals surface area contributed by atoms with E-state index >= 15 is 0 Å². The van der Waals surface area contributed by atoms with Crippen LogP contribution in [0.25, 0.3) is 0 Å². The van der Waals surface area contributed by atoms with Gasteiger partial charge in [0.25, 0.3) is 0 Å². The highest BCUT2D eigenvalue weighted by atomic mass is 32.2. The molecule has 8 heteroatoms. The smallest absolute Gasteiger partial charge is 0.306 e. The van der Waals surface area contributed by atoms with E-state index in [-0.39, 0.29) is 18.7 Å². The summed E-state index contributed by atoms with van der Waals surface area (Å²) in [5, 5.41) is 2.65. The van der Waals surface area contributed by atoms with Gasteiger partial charge in [0.05, 0.1) is 25.5 Å². The van der Waals surface area contributed by atoms with E-state index in [2.05, 4.69) is 10.1 Å². The van der Waals surface area contributed by atoms with Gasteiger partial charge in [0.1, 0.15) is 0 Å². The van der Waals surface area contributed by atoms with Gasteiger partial charge < -0.3 is 10.1 Å². The molecule has 0 fully saturated rings. The van der Waals surface area contributed by atoms with Crippen LogP contribution in [-0.4, -0.2) is 40.2 Å². The van der Waals surface area contributed by atoms with Crippen LogP contribution in [0.4, 0.5) is 11.4 Å². The molecule has 2 rings (SSSR count). The Hall–Kier alpha value is -2.09. The van der Waals surface area contributed by atoms with E-state index in [1.165, 1.54) is 11.4 Å². The predicted octanol–water partition coefficient (Wildman–Crippen LogP) is 0.900. The van der Waals surface area contributed by atoms with Crippen LogP contribution >= 0.6 is 0 Å². The molecule has 22 heavy (non-hydrogen) atoms. The van der Waals surface area contributed by atoms with E-state index in [1.54, 1.807) is 18.2 Å². The number of hydrogen-bond donors (Lipinski definition) is 1. The number of esters is 1. The van der Waals surface area contributed by atoms with Gasteiger partial charge in [-0.1, -0.05) is 6.07 Å². The number of anilines is 2. The lowest BCUT2D eigenvalue weighted by Crippen LogP contribution is -2.27. The van der Waals surface area contributed by atoms with Crippen LogP contribution in [0.15, 0.2) is 18.2 Å². The second kappa shape index (κ2) is 6.35.